The van der Waals surface area contributed by atoms with Crippen LogP contribution < -0.4 is 15.4 Å². The minimum Gasteiger partial charge on any atom is -0.488 e. The van der Waals surface area contributed by atoms with Gasteiger partial charge in [-0.1, -0.05) is 69.3 Å². The highest BCUT2D eigenvalue weighted by Crippen LogP contribution is 2.45. The van der Waals surface area contributed by atoms with Crippen molar-refractivity contribution in [1.82, 2.24) is 40.4 Å². The zero-order valence-corrected chi connectivity index (χ0v) is 38.2. The first-order valence-electron chi connectivity index (χ1n) is 22.5. The average Bonchev–Trinajstić information content (AvgIpc) is 4.14. The smallest absolute Gasteiger partial charge is 0.407 e. The van der Waals surface area contributed by atoms with Crippen LogP contribution in [0.25, 0.3) is 44.2 Å². The van der Waals surface area contributed by atoms with E-state index >= 15 is 0 Å². The number of carbonyl (C=O) groups is 4. The minimum atomic E-state index is -0.935. The van der Waals surface area contributed by atoms with Gasteiger partial charge in [-0.25, -0.2) is 19.6 Å². The van der Waals surface area contributed by atoms with E-state index in [9.17, 15) is 19.2 Å². The van der Waals surface area contributed by atoms with E-state index in [1.54, 1.807) is 18.2 Å². The second kappa shape index (κ2) is 18.1. The molecule has 16 heteroatoms. The highest BCUT2D eigenvalue weighted by atomic mass is 16.5. The van der Waals surface area contributed by atoms with E-state index in [-0.39, 0.29) is 47.7 Å². The van der Waals surface area contributed by atoms with Gasteiger partial charge in [-0.3, -0.25) is 9.59 Å². The Bertz CT molecular complexity index is 2810. The summed E-state index contributed by atoms with van der Waals surface area (Å²) in [4.78, 5) is 73.8. The fraction of sp³-hybridized carbons (Fsp3) is 0.400. The first-order chi connectivity index (χ1) is 31.9. The molecule has 4 aromatic carbocycles. The molecule has 2 aromatic heterocycles. The van der Waals surface area contributed by atoms with E-state index in [0.29, 0.717) is 49.8 Å². The van der Waals surface area contributed by atoms with Gasteiger partial charge in [-0.05, 0) is 83.5 Å². The van der Waals surface area contributed by atoms with Crippen LogP contribution in [0.5, 0.6) is 5.75 Å². The molecule has 16 nitrogen and oxygen atoms in total. The normalized spacial score (nSPS) is 21.0. The number of hydrogen-bond acceptors (Lipinski definition) is 10. The lowest BCUT2D eigenvalue weighted by Crippen LogP contribution is -2.51. The molecule has 344 valence electrons. The van der Waals surface area contributed by atoms with Crippen molar-refractivity contribution in [2.45, 2.75) is 77.4 Å². The zero-order valence-electron chi connectivity index (χ0n) is 38.2. The summed E-state index contributed by atoms with van der Waals surface area (Å²) in [5.74, 6) is 1.79. The van der Waals surface area contributed by atoms with Gasteiger partial charge in [-0.15, -0.1) is 0 Å². The Labute approximate surface area is 382 Å². The number of methoxy groups -OCH3 is 3. The minimum absolute atomic E-state index is 0.101. The van der Waals surface area contributed by atoms with Gasteiger partial charge in [0, 0.05) is 36.6 Å². The Balaban J connectivity index is 0.983. The van der Waals surface area contributed by atoms with Crippen molar-refractivity contribution in [1.29, 1.82) is 0 Å². The number of nitrogens with one attached hydrogen (secondary N) is 4. The first kappa shape index (κ1) is 44.3. The van der Waals surface area contributed by atoms with Crippen LogP contribution in [0.2, 0.25) is 0 Å². The van der Waals surface area contributed by atoms with Crippen molar-refractivity contribution in [3.8, 4) is 28.1 Å². The number of carbonyl (C=O) groups excluding carboxylic acids is 4. The molecule has 2 fully saturated rings. The maximum absolute atomic E-state index is 14.5. The van der Waals surface area contributed by atoms with E-state index in [0.717, 1.165) is 55.5 Å². The van der Waals surface area contributed by atoms with Crippen molar-refractivity contribution in [2.75, 3.05) is 34.5 Å². The molecule has 0 saturated carbocycles. The standard InChI is InChI=1S/C50H56N8O8/c1-26(2)42(55-49(61)64-6)47(59)57-23-29(24-63-5)18-39(57)45-51-22-38(53-45)32-13-15-34-33(19-32)25-66-41-21-35-31(20-36(34)41)14-16-37-44(35)54-46(52-37)40-17-27(3)28(4)58(40)48(60)43(56-50(62)65-7)30-11-9-8-10-12-30/h8-16,19-22,26-29,39-40,42-43H,17-18,23-25H2,1-7H3,(H,51,53)(H,52,54)(H,55,61)(H,56,62)/t27-,28-,29+,39+,40+,42+,43-/m1/s1. The molecule has 2 saturated heterocycles. The summed E-state index contributed by atoms with van der Waals surface area (Å²) in [6.45, 7) is 9.29. The lowest BCUT2D eigenvalue weighted by atomic mass is 9.92. The van der Waals surface area contributed by atoms with Crippen LogP contribution >= 0.6 is 0 Å². The second-order valence-electron chi connectivity index (χ2n) is 18.1. The maximum atomic E-state index is 14.5. The summed E-state index contributed by atoms with van der Waals surface area (Å²) in [7, 11) is 4.23. The third kappa shape index (κ3) is 8.18. The largest absolute Gasteiger partial charge is 0.488 e. The van der Waals surface area contributed by atoms with E-state index in [4.69, 9.17) is 28.9 Å². The molecular formula is C50H56N8O8. The number of aromatic amines is 2. The molecular weight excluding hydrogens is 841 g/mol. The van der Waals surface area contributed by atoms with Crippen molar-refractivity contribution in [3.05, 3.63) is 102 Å². The number of fused-ring (bicyclic) bond motifs is 6. The number of H-pyrrole nitrogens is 2. The Kier molecular flexibility index (Phi) is 12.2. The lowest BCUT2D eigenvalue weighted by Gasteiger charge is -2.32. The van der Waals surface area contributed by atoms with Gasteiger partial charge in [0.1, 0.15) is 36.1 Å². The van der Waals surface area contributed by atoms with E-state index < -0.39 is 24.3 Å². The van der Waals surface area contributed by atoms with Crippen LogP contribution in [0.1, 0.15) is 81.4 Å². The summed E-state index contributed by atoms with van der Waals surface area (Å²) in [5.41, 5.74) is 7.10. The third-order valence-corrected chi connectivity index (χ3v) is 13.6. The lowest BCUT2D eigenvalue weighted by molar-refractivity contribution is -0.137. The number of aromatic nitrogens is 4. The molecule has 6 aromatic rings. The number of likely N-dealkylation sites (tertiary alicyclic amines) is 2. The molecule has 0 aliphatic carbocycles. The highest BCUT2D eigenvalue weighted by Gasteiger charge is 2.45. The number of hydrogen-bond donors (Lipinski definition) is 4. The predicted octanol–water partition coefficient (Wildman–Crippen LogP) is 7.98. The molecule has 0 unspecified atom stereocenters. The van der Waals surface area contributed by atoms with Crippen LogP contribution in [-0.2, 0) is 30.4 Å². The molecule has 3 aliphatic heterocycles. The fourth-order valence-electron chi connectivity index (χ4n) is 10.0. The van der Waals surface area contributed by atoms with Gasteiger partial charge in [0.2, 0.25) is 5.91 Å². The Morgan fingerprint density at radius 1 is 0.848 bits per heavy atom. The van der Waals surface area contributed by atoms with E-state index in [1.165, 1.54) is 14.2 Å². The van der Waals surface area contributed by atoms with Gasteiger partial charge < -0.3 is 49.3 Å². The van der Waals surface area contributed by atoms with Crippen LogP contribution in [0, 0.1) is 17.8 Å². The van der Waals surface area contributed by atoms with Crippen LogP contribution in [0.3, 0.4) is 0 Å². The van der Waals surface area contributed by atoms with Gasteiger partial charge in [0.25, 0.3) is 5.91 Å². The molecule has 7 atom stereocenters. The summed E-state index contributed by atoms with van der Waals surface area (Å²) < 4.78 is 21.7. The number of benzene rings is 4. The quantitative estimate of drug-likeness (QED) is 0.0991. The molecule has 4 N–H and O–H groups in total. The van der Waals surface area contributed by atoms with Gasteiger partial charge in [-0.2, -0.15) is 0 Å². The maximum Gasteiger partial charge on any atom is 0.407 e. The topological polar surface area (TPSA) is 193 Å². The van der Waals surface area contributed by atoms with Crippen LogP contribution in [-0.4, -0.2) is 100 Å². The predicted molar refractivity (Wildman–Crippen MR) is 247 cm³/mol. The van der Waals surface area contributed by atoms with Crippen molar-refractivity contribution < 1.29 is 38.1 Å². The van der Waals surface area contributed by atoms with E-state index in [1.807, 2.05) is 62.1 Å². The SMILES string of the molecule is COC[C@H]1C[C@@H](c2ncc(-c3ccc4c(c3)COc3cc5c(ccc6[nH]c([C@@H]7C[C@@H](C)[C@@H](C)N7C(=O)[C@H](NC(=O)OC)c7ccccc7)nc65)cc3-4)[nH]2)N(C(=O)[C@@H](NC(=O)OC)C(C)C)C1. The van der Waals surface area contributed by atoms with Gasteiger partial charge in [0.15, 0.2) is 0 Å². The Morgan fingerprint density at radius 3 is 2.36 bits per heavy atom. The molecule has 66 heavy (non-hydrogen) atoms. The van der Waals surface area contributed by atoms with Gasteiger partial charge in [0.05, 0.1) is 55.8 Å². The summed E-state index contributed by atoms with van der Waals surface area (Å²) in [6, 6.07) is 21.3. The number of nitrogens with zero attached hydrogens (tertiary/aromatic N) is 4. The number of imidazole rings is 2. The molecule has 4 amide bonds. The average molecular weight is 897 g/mol. The number of amides is 4. The molecule has 3 aliphatic rings. The number of alkyl carbamates (subject to hydrolysis) is 2. The summed E-state index contributed by atoms with van der Waals surface area (Å²) in [5, 5.41) is 7.42. The number of ether oxygens (including phenoxy) is 4. The summed E-state index contributed by atoms with van der Waals surface area (Å²) >= 11 is 0. The molecule has 5 heterocycles. The van der Waals surface area contributed by atoms with E-state index in [2.05, 4.69) is 63.9 Å². The molecule has 0 bridgehead atoms. The van der Waals surface area contributed by atoms with Gasteiger partial charge >= 0.3 is 12.2 Å². The van der Waals surface area contributed by atoms with Crippen molar-refractivity contribution in [2.24, 2.45) is 17.8 Å². The summed E-state index contributed by atoms with van der Waals surface area (Å²) in [6.07, 6.45) is 1.82. The van der Waals surface area contributed by atoms with Crippen molar-refractivity contribution >= 4 is 45.8 Å². The molecule has 9 rings (SSSR count). The Morgan fingerprint density at radius 2 is 1.62 bits per heavy atom. The van der Waals surface area contributed by atoms with Crippen LogP contribution in [0.15, 0.2) is 79.0 Å². The molecule has 0 spiro atoms. The highest BCUT2D eigenvalue weighted by molar-refractivity contribution is 6.07. The fourth-order valence-corrected chi connectivity index (χ4v) is 10.0. The monoisotopic (exact) mass is 896 g/mol. The zero-order chi connectivity index (χ0) is 46.4. The Hall–Kier alpha value is -6.94. The number of rotatable bonds is 11. The first-order valence-corrected chi connectivity index (χ1v) is 22.5. The van der Waals surface area contributed by atoms with Crippen molar-refractivity contribution in [3.63, 3.8) is 0 Å². The third-order valence-electron chi connectivity index (χ3n) is 13.6. The molecule has 0 radical (unpaired) electrons. The van der Waals surface area contributed by atoms with Crippen LogP contribution in [0.4, 0.5) is 9.59 Å². The second-order valence-corrected chi connectivity index (χ2v) is 18.1.